The van der Waals surface area contributed by atoms with Crippen molar-refractivity contribution in [3.05, 3.63) is 119 Å². The number of hydrogen-bond acceptors (Lipinski definition) is 8. The molecule has 48 heavy (non-hydrogen) atoms. The molecule has 1 aliphatic rings. The molecule has 0 bridgehead atoms. The van der Waals surface area contributed by atoms with Crippen molar-refractivity contribution in [1.29, 1.82) is 0 Å². The molecule has 0 aromatic heterocycles. The third-order valence-electron chi connectivity index (χ3n) is 7.85. The van der Waals surface area contributed by atoms with Crippen molar-refractivity contribution in [2.45, 2.75) is 69.8 Å². The Morgan fingerprint density at radius 1 is 0.875 bits per heavy atom. The number of carbonyl (C=O) groups excluding carboxylic acids is 3. The highest BCUT2D eigenvalue weighted by Crippen LogP contribution is 2.40. The number of anilines is 1. The van der Waals surface area contributed by atoms with Gasteiger partial charge in [0.25, 0.3) is 5.91 Å². The molecule has 1 saturated heterocycles. The average molecular weight is 669 g/mol. The van der Waals surface area contributed by atoms with Gasteiger partial charge < -0.3 is 30.0 Å². The number of amides is 2. The minimum Gasteiger partial charge on any atom is -0.453 e. The Labute approximate surface area is 285 Å². The van der Waals surface area contributed by atoms with Gasteiger partial charge in [-0.25, -0.2) is 0 Å². The van der Waals surface area contributed by atoms with E-state index in [0.29, 0.717) is 18.7 Å². The second-order valence-electron chi connectivity index (χ2n) is 11.7. The van der Waals surface area contributed by atoms with E-state index in [4.69, 9.17) is 14.2 Å². The molecule has 250 valence electrons. The van der Waals surface area contributed by atoms with Crippen molar-refractivity contribution >= 4 is 35.2 Å². The summed E-state index contributed by atoms with van der Waals surface area (Å²) in [7, 11) is 0. The van der Waals surface area contributed by atoms with E-state index < -0.39 is 18.4 Å². The first-order valence-electron chi connectivity index (χ1n) is 15.8. The van der Waals surface area contributed by atoms with E-state index in [9.17, 15) is 19.5 Å². The van der Waals surface area contributed by atoms with E-state index in [1.54, 1.807) is 18.7 Å². The fourth-order valence-corrected chi connectivity index (χ4v) is 6.30. The van der Waals surface area contributed by atoms with Gasteiger partial charge in [0.05, 0.1) is 18.8 Å². The third-order valence-corrected chi connectivity index (χ3v) is 8.99. The second kappa shape index (κ2) is 16.6. The van der Waals surface area contributed by atoms with Crippen LogP contribution in [0.4, 0.5) is 5.69 Å². The lowest BCUT2D eigenvalue weighted by molar-refractivity contribution is -0.245. The maximum Gasteiger partial charge on any atom is 0.303 e. The molecule has 9 nitrogen and oxygen atoms in total. The van der Waals surface area contributed by atoms with Gasteiger partial charge in [0, 0.05) is 48.7 Å². The fraction of sp³-hybridized carbons (Fsp3) is 0.289. The van der Waals surface area contributed by atoms with Crippen LogP contribution in [0.25, 0.3) is 11.1 Å². The lowest BCUT2D eigenvalue weighted by Gasteiger charge is -2.36. The van der Waals surface area contributed by atoms with E-state index in [0.717, 1.165) is 44.0 Å². The Kier molecular flexibility index (Phi) is 12.0. The molecule has 4 atom stereocenters. The second-order valence-corrected chi connectivity index (χ2v) is 12.8. The van der Waals surface area contributed by atoms with Crippen molar-refractivity contribution in [2.75, 3.05) is 11.1 Å². The first-order chi connectivity index (χ1) is 23.2. The van der Waals surface area contributed by atoms with Gasteiger partial charge in [-0.1, -0.05) is 66.7 Å². The van der Waals surface area contributed by atoms with Crippen LogP contribution in [-0.4, -0.2) is 40.9 Å². The van der Waals surface area contributed by atoms with Crippen molar-refractivity contribution in [1.82, 2.24) is 5.32 Å². The lowest BCUT2D eigenvalue weighted by atomic mass is 9.99. The zero-order valence-electron chi connectivity index (χ0n) is 27.2. The first kappa shape index (κ1) is 34.8. The highest BCUT2D eigenvalue weighted by molar-refractivity contribution is 7.99. The average Bonchev–Trinajstić information content (AvgIpc) is 3.10. The summed E-state index contributed by atoms with van der Waals surface area (Å²) in [6.07, 6.45) is -1.06. The number of ether oxygens (including phenoxy) is 3. The topological polar surface area (TPSA) is 123 Å². The van der Waals surface area contributed by atoms with Crippen LogP contribution in [0.15, 0.2) is 102 Å². The summed E-state index contributed by atoms with van der Waals surface area (Å²) in [5.74, 6) is -0.246. The summed E-state index contributed by atoms with van der Waals surface area (Å²) in [5, 5.41) is 15.1. The van der Waals surface area contributed by atoms with E-state index in [1.165, 1.54) is 13.8 Å². The number of benzene rings is 4. The molecule has 0 unspecified atom stereocenters. The highest BCUT2D eigenvalue weighted by atomic mass is 32.2. The Bertz CT molecular complexity index is 1690. The molecule has 0 radical (unpaired) electrons. The Balaban J connectivity index is 1.27. The molecule has 5 rings (SSSR count). The van der Waals surface area contributed by atoms with E-state index in [2.05, 4.69) is 10.6 Å². The number of carbonyl (C=O) groups is 3. The quantitative estimate of drug-likeness (QED) is 0.113. The smallest absolute Gasteiger partial charge is 0.303 e. The van der Waals surface area contributed by atoms with Crippen LogP contribution in [0.5, 0.6) is 0 Å². The summed E-state index contributed by atoms with van der Waals surface area (Å²) in [5.41, 5.74) is 6.43. The van der Waals surface area contributed by atoms with Crippen LogP contribution in [0, 0.1) is 0 Å². The summed E-state index contributed by atoms with van der Waals surface area (Å²) in [4.78, 5) is 35.9. The maximum atomic E-state index is 12.3. The molecule has 2 amide bonds. The number of rotatable bonds is 12. The predicted molar refractivity (Wildman–Crippen MR) is 185 cm³/mol. The van der Waals surface area contributed by atoms with E-state index in [-0.39, 0.29) is 30.6 Å². The molecule has 1 aliphatic heterocycles. The van der Waals surface area contributed by atoms with Crippen LogP contribution >= 0.6 is 11.8 Å². The molecule has 0 aliphatic carbocycles. The molecular formula is C38H40N2O7S. The van der Waals surface area contributed by atoms with Crippen LogP contribution in [0.3, 0.4) is 0 Å². The molecule has 3 N–H and O–H groups in total. The Morgan fingerprint density at radius 2 is 1.58 bits per heavy atom. The van der Waals surface area contributed by atoms with Gasteiger partial charge in [0.2, 0.25) is 5.91 Å². The summed E-state index contributed by atoms with van der Waals surface area (Å²) in [6, 6.07) is 31.6. The number of thioether (sulfide) groups is 1. The van der Waals surface area contributed by atoms with Crippen molar-refractivity contribution in [3.63, 3.8) is 0 Å². The van der Waals surface area contributed by atoms with Crippen LogP contribution in [-0.2, 0) is 41.7 Å². The summed E-state index contributed by atoms with van der Waals surface area (Å²) in [6.45, 7) is 4.59. The Hall–Kier alpha value is -4.48. The van der Waals surface area contributed by atoms with Crippen LogP contribution in [0.1, 0.15) is 61.8 Å². The minimum atomic E-state index is -0.858. The van der Waals surface area contributed by atoms with Gasteiger partial charge in [-0.2, -0.15) is 0 Å². The molecule has 1 fully saturated rings. The van der Waals surface area contributed by atoms with Gasteiger partial charge >= 0.3 is 5.97 Å². The monoisotopic (exact) mass is 668 g/mol. The molecule has 10 heteroatoms. The molecule has 4 aromatic rings. The van der Waals surface area contributed by atoms with Crippen molar-refractivity contribution in [3.8, 4) is 11.1 Å². The largest absolute Gasteiger partial charge is 0.453 e. The van der Waals surface area contributed by atoms with E-state index >= 15 is 0 Å². The number of aliphatic hydroxyl groups excluding tert-OH is 1. The number of nitrogens with one attached hydrogen (secondary N) is 2. The normalized spacial score (nSPS) is 18.0. The minimum absolute atomic E-state index is 0.0172. The first-order valence-corrected chi connectivity index (χ1v) is 16.8. The third kappa shape index (κ3) is 9.77. The van der Waals surface area contributed by atoms with Gasteiger partial charge in [-0.05, 0) is 65.1 Å². The van der Waals surface area contributed by atoms with E-state index in [1.807, 2.05) is 97.1 Å². The van der Waals surface area contributed by atoms with Gasteiger partial charge in [-0.3, -0.25) is 14.4 Å². The van der Waals surface area contributed by atoms with Crippen molar-refractivity contribution < 1.29 is 33.7 Å². The number of aliphatic hydroxyl groups is 1. The zero-order valence-corrected chi connectivity index (χ0v) is 28.0. The zero-order chi connectivity index (χ0) is 34.0. The van der Waals surface area contributed by atoms with Gasteiger partial charge in [0.15, 0.2) is 12.4 Å². The highest BCUT2D eigenvalue weighted by Gasteiger charge is 2.32. The standard InChI is InChI=1S/C38H40N2O7S/c1-24(45-26(3)43)37(44)39-21-28-5-4-6-32(19-28)29-11-13-31(14-12-29)38-46-34(20-36(47-38)30-9-7-27(22-41)8-10-30)23-48-35-17-15-33(16-18-35)40-25(2)42/h4-19,24,34,36,38,41H,20-23H2,1-3H3,(H,39,44)(H,40,42)/t24-,34-,36+,38+/m0/s1. The van der Waals surface area contributed by atoms with Crippen LogP contribution < -0.4 is 10.6 Å². The van der Waals surface area contributed by atoms with Crippen LogP contribution in [0.2, 0.25) is 0 Å². The fourth-order valence-electron chi connectivity index (χ4n) is 5.38. The van der Waals surface area contributed by atoms with Gasteiger partial charge in [0.1, 0.15) is 0 Å². The number of hydrogen-bond donors (Lipinski definition) is 3. The summed E-state index contributed by atoms with van der Waals surface area (Å²) < 4.78 is 18.0. The molecule has 0 saturated carbocycles. The predicted octanol–water partition coefficient (Wildman–Crippen LogP) is 6.71. The SMILES string of the molecule is CC(=O)Nc1ccc(SC[C@@H]2C[C@H](c3ccc(CO)cc3)O[C@H](c3ccc(-c4cccc(CNC(=O)[C@H](C)OC(C)=O)c4)cc3)O2)cc1. The lowest BCUT2D eigenvalue weighted by Crippen LogP contribution is -2.35. The summed E-state index contributed by atoms with van der Waals surface area (Å²) >= 11 is 1.69. The van der Waals surface area contributed by atoms with Crippen molar-refractivity contribution in [2.24, 2.45) is 0 Å². The molecule has 1 heterocycles. The molecule has 4 aromatic carbocycles. The maximum absolute atomic E-state index is 12.3. The molecule has 0 spiro atoms. The molecular weight excluding hydrogens is 628 g/mol. The Morgan fingerprint density at radius 3 is 2.25 bits per heavy atom. The van der Waals surface area contributed by atoms with Gasteiger partial charge in [-0.15, -0.1) is 11.8 Å². The number of esters is 1.